The third-order valence-electron chi connectivity index (χ3n) is 8.50. The predicted molar refractivity (Wildman–Crippen MR) is 94.2 cm³/mol. The molecule has 5 nitrogen and oxygen atoms in total. The quantitative estimate of drug-likeness (QED) is 0.781. The van der Waals surface area contributed by atoms with E-state index in [1.54, 1.807) is 6.08 Å². The van der Waals surface area contributed by atoms with E-state index in [0.717, 1.165) is 38.5 Å². The molecule has 0 aromatic rings. The first-order valence-electron chi connectivity index (χ1n) is 9.88. The zero-order valence-electron chi connectivity index (χ0n) is 15.6. The lowest BCUT2D eigenvalue weighted by Gasteiger charge is -2.58. The highest BCUT2D eigenvalue weighted by atomic mass is 16.5. The predicted octanol–water partition coefficient (Wildman–Crippen LogP) is 3.37. The van der Waals surface area contributed by atoms with Gasteiger partial charge in [-0.3, -0.25) is 14.4 Å². The van der Waals surface area contributed by atoms with E-state index in [9.17, 15) is 19.5 Å². The Balaban J connectivity index is 1.66. The van der Waals surface area contributed by atoms with Crippen molar-refractivity contribution < 1.29 is 24.2 Å². The number of carboxylic acids is 1. The summed E-state index contributed by atoms with van der Waals surface area (Å²) in [6.45, 7) is 4.81. The molecule has 0 aliphatic heterocycles. The van der Waals surface area contributed by atoms with E-state index >= 15 is 0 Å². The first kappa shape index (κ1) is 17.7. The Bertz CT molecular complexity index is 682. The maximum atomic E-state index is 12.3. The molecular weight excluding hydrogens is 332 g/mol. The van der Waals surface area contributed by atoms with Crippen molar-refractivity contribution in [3.8, 4) is 0 Å². The highest BCUT2D eigenvalue weighted by Crippen LogP contribution is 2.66. The Hall–Kier alpha value is -1.65. The van der Waals surface area contributed by atoms with Crippen molar-refractivity contribution in [2.24, 2.45) is 34.5 Å². The van der Waals surface area contributed by atoms with Crippen LogP contribution in [-0.4, -0.2) is 29.4 Å². The van der Waals surface area contributed by atoms with Gasteiger partial charge in [-0.1, -0.05) is 19.4 Å². The number of carbonyl (C=O) groups excluding carboxylic acids is 2. The number of hydrogen-bond donors (Lipinski definition) is 1. The summed E-state index contributed by atoms with van der Waals surface area (Å²) >= 11 is 0. The summed E-state index contributed by atoms with van der Waals surface area (Å²) in [5, 5.41) is 9.68. The number of ketones is 1. The van der Waals surface area contributed by atoms with Gasteiger partial charge in [0.25, 0.3) is 6.47 Å². The largest absolute Gasteiger partial charge is 0.481 e. The van der Waals surface area contributed by atoms with Crippen LogP contribution in [-0.2, 0) is 19.1 Å². The maximum Gasteiger partial charge on any atom is 0.307 e. The number of aliphatic carboxylic acids is 1. The van der Waals surface area contributed by atoms with Crippen molar-refractivity contribution in [2.45, 2.75) is 64.9 Å². The van der Waals surface area contributed by atoms with Gasteiger partial charge in [-0.2, -0.15) is 0 Å². The molecule has 5 heteroatoms. The average molecular weight is 360 g/mol. The zero-order valence-corrected chi connectivity index (χ0v) is 15.6. The fourth-order valence-electron chi connectivity index (χ4n) is 7.18. The molecule has 142 valence electrons. The highest BCUT2D eigenvalue weighted by Gasteiger charge is 2.61. The summed E-state index contributed by atoms with van der Waals surface area (Å²) in [6.07, 6.45) is 7.31. The van der Waals surface area contributed by atoms with E-state index in [1.807, 2.05) is 0 Å². The van der Waals surface area contributed by atoms with E-state index in [0.29, 0.717) is 30.6 Å². The number of allylic oxidation sites excluding steroid dienone is 1. The second-order valence-electron chi connectivity index (χ2n) is 9.34. The summed E-state index contributed by atoms with van der Waals surface area (Å²) in [7, 11) is 0. The number of hydrogen-bond acceptors (Lipinski definition) is 4. The molecule has 26 heavy (non-hydrogen) atoms. The summed E-state index contributed by atoms with van der Waals surface area (Å²) in [5.41, 5.74) is 0.992. The minimum atomic E-state index is -0.663. The van der Waals surface area contributed by atoms with Gasteiger partial charge in [-0.05, 0) is 73.2 Å². The van der Waals surface area contributed by atoms with Crippen molar-refractivity contribution in [1.29, 1.82) is 0 Å². The van der Waals surface area contributed by atoms with Crippen LogP contribution in [0.2, 0.25) is 0 Å². The third-order valence-corrected chi connectivity index (χ3v) is 8.50. The number of fused-ring (bicyclic) bond motifs is 5. The minimum absolute atomic E-state index is 0.0875. The van der Waals surface area contributed by atoms with Gasteiger partial charge in [0.05, 0.1) is 5.92 Å². The van der Waals surface area contributed by atoms with Crippen LogP contribution in [0.3, 0.4) is 0 Å². The Morgan fingerprint density at radius 3 is 2.69 bits per heavy atom. The van der Waals surface area contributed by atoms with Crippen LogP contribution < -0.4 is 0 Å². The lowest BCUT2D eigenvalue weighted by atomic mass is 9.46. The standard InChI is InChI=1S/C21H28O5/c1-20-8-7-15-13(14(20)5-6-16(20)19(24)25)4-3-12-9-17(23)18(26-11-22)10-21(12,15)2/h9,11,13-16,18H,3-8,10H2,1-2H3,(H,24,25)/t13-,14-,15-,16+,18?,20-,21-/m0/s1. The van der Waals surface area contributed by atoms with E-state index in [4.69, 9.17) is 4.74 Å². The molecule has 0 aromatic heterocycles. The van der Waals surface area contributed by atoms with Gasteiger partial charge in [0.1, 0.15) is 0 Å². The molecule has 3 saturated carbocycles. The fourth-order valence-corrected chi connectivity index (χ4v) is 7.18. The van der Waals surface area contributed by atoms with E-state index in [2.05, 4.69) is 13.8 Å². The molecule has 4 aliphatic rings. The van der Waals surface area contributed by atoms with Crippen LogP contribution in [0.1, 0.15) is 58.8 Å². The molecule has 0 amide bonds. The smallest absolute Gasteiger partial charge is 0.307 e. The topological polar surface area (TPSA) is 80.7 Å². The molecule has 0 radical (unpaired) electrons. The van der Waals surface area contributed by atoms with Gasteiger partial charge in [0.2, 0.25) is 0 Å². The molecule has 0 saturated heterocycles. The molecule has 0 bridgehead atoms. The summed E-state index contributed by atoms with van der Waals surface area (Å²) in [5.74, 6) is 0.444. The first-order chi connectivity index (χ1) is 12.3. The minimum Gasteiger partial charge on any atom is -0.481 e. The van der Waals surface area contributed by atoms with Crippen molar-refractivity contribution in [2.75, 3.05) is 0 Å². The van der Waals surface area contributed by atoms with Crippen LogP contribution in [0.15, 0.2) is 11.6 Å². The van der Waals surface area contributed by atoms with Crippen molar-refractivity contribution in [3.05, 3.63) is 11.6 Å². The summed E-state index contributed by atoms with van der Waals surface area (Å²) in [4.78, 5) is 34.8. The SMILES string of the molecule is C[C@]12CC[C@H]3[C@@H](CCC4=CC(=O)C(OC=O)C[C@@]43C)[C@@H]1CC[C@@H]2C(=O)O. The van der Waals surface area contributed by atoms with Gasteiger partial charge < -0.3 is 9.84 Å². The van der Waals surface area contributed by atoms with Crippen molar-refractivity contribution in [3.63, 3.8) is 0 Å². The maximum absolute atomic E-state index is 12.3. The van der Waals surface area contributed by atoms with Crippen LogP contribution in [0.25, 0.3) is 0 Å². The van der Waals surface area contributed by atoms with E-state index in [1.165, 1.54) is 5.57 Å². The van der Waals surface area contributed by atoms with Crippen LogP contribution in [0, 0.1) is 34.5 Å². The lowest BCUT2D eigenvalue weighted by Crippen LogP contribution is -2.53. The molecule has 0 heterocycles. The average Bonchev–Trinajstić information content (AvgIpc) is 2.94. The molecule has 4 rings (SSSR count). The van der Waals surface area contributed by atoms with Crippen LogP contribution >= 0.6 is 0 Å². The third kappa shape index (κ3) is 2.31. The van der Waals surface area contributed by atoms with Crippen molar-refractivity contribution in [1.82, 2.24) is 0 Å². The van der Waals surface area contributed by atoms with Gasteiger partial charge in [0, 0.05) is 6.42 Å². The Kier molecular flexibility index (Phi) is 4.05. The van der Waals surface area contributed by atoms with Gasteiger partial charge in [-0.25, -0.2) is 0 Å². The van der Waals surface area contributed by atoms with Gasteiger partial charge >= 0.3 is 5.97 Å². The molecule has 0 aromatic carbocycles. The molecule has 3 fully saturated rings. The fraction of sp³-hybridized carbons (Fsp3) is 0.762. The normalized spacial score (nSPS) is 47.2. The number of carboxylic acid groups (broad SMARTS) is 1. The number of rotatable bonds is 3. The van der Waals surface area contributed by atoms with E-state index in [-0.39, 0.29) is 22.5 Å². The summed E-state index contributed by atoms with van der Waals surface area (Å²) < 4.78 is 5.09. The zero-order chi connectivity index (χ0) is 18.7. The first-order valence-corrected chi connectivity index (χ1v) is 9.88. The Morgan fingerprint density at radius 2 is 2.00 bits per heavy atom. The lowest BCUT2D eigenvalue weighted by molar-refractivity contribution is -0.151. The number of carbonyl (C=O) groups is 3. The molecule has 0 spiro atoms. The second-order valence-corrected chi connectivity index (χ2v) is 9.34. The Morgan fingerprint density at radius 1 is 1.23 bits per heavy atom. The van der Waals surface area contributed by atoms with Gasteiger partial charge in [0.15, 0.2) is 11.9 Å². The molecule has 1 unspecified atom stereocenters. The summed E-state index contributed by atoms with van der Waals surface area (Å²) in [6, 6.07) is 0. The molecule has 7 atom stereocenters. The second kappa shape index (κ2) is 5.93. The van der Waals surface area contributed by atoms with Crippen LogP contribution in [0.5, 0.6) is 0 Å². The van der Waals surface area contributed by atoms with Crippen LogP contribution in [0.4, 0.5) is 0 Å². The number of ether oxygens (including phenoxy) is 1. The highest BCUT2D eigenvalue weighted by molar-refractivity contribution is 5.96. The molecular formula is C21H28O5. The van der Waals surface area contributed by atoms with E-state index < -0.39 is 12.1 Å². The Labute approximate surface area is 154 Å². The van der Waals surface area contributed by atoms with Gasteiger partial charge in [-0.15, -0.1) is 0 Å². The molecule has 4 aliphatic carbocycles. The molecule has 1 N–H and O–H groups in total. The van der Waals surface area contributed by atoms with Crippen molar-refractivity contribution >= 4 is 18.2 Å². The monoisotopic (exact) mass is 360 g/mol.